The summed E-state index contributed by atoms with van der Waals surface area (Å²) in [6, 6.07) is 1.97. The Balaban J connectivity index is 2.04. The predicted octanol–water partition coefficient (Wildman–Crippen LogP) is -0.685. The SMILES string of the molecule is COCCNC(=O)CNCCc1ccnn1C. The van der Waals surface area contributed by atoms with Gasteiger partial charge in [-0.15, -0.1) is 0 Å². The quantitative estimate of drug-likeness (QED) is 0.591. The number of aryl methyl sites for hydroxylation is 1. The predicted molar refractivity (Wildman–Crippen MR) is 64.7 cm³/mol. The molecule has 0 saturated carbocycles. The number of carbonyl (C=O) groups is 1. The van der Waals surface area contributed by atoms with Crippen LogP contribution in [0.3, 0.4) is 0 Å². The summed E-state index contributed by atoms with van der Waals surface area (Å²) in [5.74, 6) is -0.00736. The average molecular weight is 240 g/mol. The number of aromatic nitrogens is 2. The fraction of sp³-hybridized carbons (Fsp3) is 0.636. The van der Waals surface area contributed by atoms with Gasteiger partial charge in [-0.3, -0.25) is 9.48 Å². The lowest BCUT2D eigenvalue weighted by atomic mass is 10.3. The zero-order valence-electron chi connectivity index (χ0n) is 10.4. The second-order valence-electron chi connectivity index (χ2n) is 3.72. The number of rotatable bonds is 8. The van der Waals surface area contributed by atoms with Crippen LogP contribution in [0.1, 0.15) is 5.69 Å². The lowest BCUT2D eigenvalue weighted by Gasteiger charge is -2.06. The summed E-state index contributed by atoms with van der Waals surface area (Å²) in [6.07, 6.45) is 2.63. The van der Waals surface area contributed by atoms with Crippen molar-refractivity contribution in [2.45, 2.75) is 6.42 Å². The van der Waals surface area contributed by atoms with E-state index in [1.165, 1.54) is 0 Å². The van der Waals surface area contributed by atoms with E-state index in [1.807, 2.05) is 17.8 Å². The molecule has 6 nitrogen and oxygen atoms in total. The third-order valence-electron chi connectivity index (χ3n) is 2.39. The molecule has 17 heavy (non-hydrogen) atoms. The Bertz CT molecular complexity index is 338. The lowest BCUT2D eigenvalue weighted by molar-refractivity contribution is -0.120. The summed E-state index contributed by atoms with van der Waals surface area (Å²) < 4.78 is 6.67. The maximum atomic E-state index is 11.3. The number of hydrogen-bond acceptors (Lipinski definition) is 4. The molecule has 0 unspecified atom stereocenters. The topological polar surface area (TPSA) is 68.2 Å². The zero-order chi connectivity index (χ0) is 12.5. The highest BCUT2D eigenvalue weighted by atomic mass is 16.5. The minimum absolute atomic E-state index is 0.00736. The third kappa shape index (κ3) is 5.46. The molecule has 0 radical (unpaired) electrons. The van der Waals surface area contributed by atoms with E-state index in [-0.39, 0.29) is 5.91 Å². The summed E-state index contributed by atoms with van der Waals surface area (Å²) in [6.45, 7) is 2.19. The molecule has 0 aliphatic rings. The van der Waals surface area contributed by atoms with E-state index < -0.39 is 0 Å². The molecular weight excluding hydrogens is 220 g/mol. The highest BCUT2D eigenvalue weighted by molar-refractivity contribution is 5.77. The van der Waals surface area contributed by atoms with Crippen LogP contribution < -0.4 is 10.6 Å². The Morgan fingerprint density at radius 1 is 1.53 bits per heavy atom. The number of ether oxygens (including phenoxy) is 1. The van der Waals surface area contributed by atoms with Crippen LogP contribution in [0.25, 0.3) is 0 Å². The number of hydrogen-bond donors (Lipinski definition) is 2. The number of nitrogens with zero attached hydrogens (tertiary/aromatic N) is 2. The monoisotopic (exact) mass is 240 g/mol. The van der Waals surface area contributed by atoms with E-state index in [0.717, 1.165) is 18.7 Å². The molecule has 0 aliphatic heterocycles. The first-order chi connectivity index (χ1) is 8.24. The molecular formula is C11H20N4O2. The van der Waals surface area contributed by atoms with E-state index in [4.69, 9.17) is 4.74 Å². The van der Waals surface area contributed by atoms with Crippen molar-refractivity contribution >= 4 is 5.91 Å². The molecule has 0 aliphatic carbocycles. The average Bonchev–Trinajstić information content (AvgIpc) is 2.71. The van der Waals surface area contributed by atoms with Crippen LogP contribution in [0.4, 0.5) is 0 Å². The number of methoxy groups -OCH3 is 1. The largest absolute Gasteiger partial charge is 0.383 e. The van der Waals surface area contributed by atoms with Gasteiger partial charge in [0.05, 0.1) is 13.2 Å². The molecule has 1 aromatic heterocycles. The second kappa shape index (κ2) is 7.81. The van der Waals surface area contributed by atoms with E-state index in [9.17, 15) is 4.79 Å². The summed E-state index contributed by atoms with van der Waals surface area (Å²) in [5, 5.41) is 9.90. The molecule has 0 atom stereocenters. The molecule has 96 valence electrons. The van der Waals surface area contributed by atoms with Crippen molar-refractivity contribution in [3.05, 3.63) is 18.0 Å². The normalized spacial score (nSPS) is 10.5. The van der Waals surface area contributed by atoms with Gasteiger partial charge in [0.25, 0.3) is 0 Å². The van der Waals surface area contributed by atoms with Crippen LogP contribution in [0.2, 0.25) is 0 Å². The molecule has 2 N–H and O–H groups in total. The Labute approximate surface area is 101 Å². The molecule has 1 rings (SSSR count). The minimum Gasteiger partial charge on any atom is -0.383 e. The third-order valence-corrected chi connectivity index (χ3v) is 2.39. The van der Waals surface area contributed by atoms with Gasteiger partial charge in [0.1, 0.15) is 0 Å². The Kier molecular flexibility index (Phi) is 6.27. The van der Waals surface area contributed by atoms with E-state index in [2.05, 4.69) is 15.7 Å². The van der Waals surface area contributed by atoms with Crippen LogP contribution in [-0.4, -0.2) is 49.0 Å². The van der Waals surface area contributed by atoms with Gasteiger partial charge in [-0.2, -0.15) is 5.10 Å². The van der Waals surface area contributed by atoms with Crippen molar-refractivity contribution in [3.63, 3.8) is 0 Å². The first-order valence-electron chi connectivity index (χ1n) is 5.67. The fourth-order valence-electron chi connectivity index (χ4n) is 1.42. The van der Waals surface area contributed by atoms with Crippen LogP contribution in [0.15, 0.2) is 12.3 Å². The summed E-state index contributed by atoms with van der Waals surface area (Å²) in [4.78, 5) is 11.3. The molecule has 1 aromatic rings. The first-order valence-corrected chi connectivity index (χ1v) is 5.67. The fourth-order valence-corrected chi connectivity index (χ4v) is 1.42. The van der Waals surface area contributed by atoms with Gasteiger partial charge in [0.15, 0.2) is 0 Å². The Morgan fingerprint density at radius 3 is 3.00 bits per heavy atom. The number of carbonyl (C=O) groups excluding carboxylic acids is 1. The first kappa shape index (κ1) is 13.7. The number of amides is 1. The lowest BCUT2D eigenvalue weighted by Crippen LogP contribution is -2.36. The molecule has 1 amide bonds. The molecule has 0 aromatic carbocycles. The van der Waals surface area contributed by atoms with Gasteiger partial charge in [0.2, 0.25) is 5.91 Å². The highest BCUT2D eigenvalue weighted by Crippen LogP contribution is 1.95. The van der Waals surface area contributed by atoms with Crippen LogP contribution in [0, 0.1) is 0 Å². The Morgan fingerprint density at radius 2 is 2.35 bits per heavy atom. The minimum atomic E-state index is -0.00736. The molecule has 0 fully saturated rings. The second-order valence-corrected chi connectivity index (χ2v) is 3.72. The van der Waals surface area contributed by atoms with Crippen molar-refractivity contribution in [2.75, 3.05) is 33.4 Å². The summed E-state index contributed by atoms with van der Waals surface area (Å²) in [5.41, 5.74) is 1.15. The van der Waals surface area contributed by atoms with E-state index in [1.54, 1.807) is 13.3 Å². The van der Waals surface area contributed by atoms with Crippen LogP contribution in [-0.2, 0) is 23.0 Å². The van der Waals surface area contributed by atoms with E-state index >= 15 is 0 Å². The molecule has 0 saturated heterocycles. The van der Waals surface area contributed by atoms with Crippen molar-refractivity contribution < 1.29 is 9.53 Å². The summed E-state index contributed by atoms with van der Waals surface area (Å²) >= 11 is 0. The van der Waals surface area contributed by atoms with Gasteiger partial charge in [-0.1, -0.05) is 0 Å². The van der Waals surface area contributed by atoms with Crippen LogP contribution in [0.5, 0.6) is 0 Å². The smallest absolute Gasteiger partial charge is 0.234 e. The maximum absolute atomic E-state index is 11.3. The molecule has 0 spiro atoms. The molecule has 6 heteroatoms. The maximum Gasteiger partial charge on any atom is 0.234 e. The Hall–Kier alpha value is -1.40. The van der Waals surface area contributed by atoms with Gasteiger partial charge in [-0.25, -0.2) is 0 Å². The van der Waals surface area contributed by atoms with Gasteiger partial charge >= 0.3 is 0 Å². The van der Waals surface area contributed by atoms with Crippen LogP contribution >= 0.6 is 0 Å². The van der Waals surface area contributed by atoms with E-state index in [0.29, 0.717) is 19.7 Å². The van der Waals surface area contributed by atoms with Crippen molar-refractivity contribution in [3.8, 4) is 0 Å². The summed E-state index contributed by atoms with van der Waals surface area (Å²) in [7, 11) is 3.52. The number of nitrogens with one attached hydrogen (secondary N) is 2. The van der Waals surface area contributed by atoms with Gasteiger partial charge < -0.3 is 15.4 Å². The van der Waals surface area contributed by atoms with Crippen molar-refractivity contribution in [1.29, 1.82) is 0 Å². The van der Waals surface area contributed by atoms with Gasteiger partial charge in [0, 0.05) is 45.6 Å². The zero-order valence-corrected chi connectivity index (χ0v) is 10.4. The standard InChI is InChI=1S/C11H20N4O2/c1-15-10(4-6-14-15)3-5-12-9-11(16)13-7-8-17-2/h4,6,12H,3,5,7-9H2,1-2H3,(H,13,16). The van der Waals surface area contributed by atoms with Gasteiger partial charge in [-0.05, 0) is 6.07 Å². The van der Waals surface area contributed by atoms with Crippen molar-refractivity contribution in [2.24, 2.45) is 7.05 Å². The molecule has 0 bridgehead atoms. The van der Waals surface area contributed by atoms with Crippen molar-refractivity contribution in [1.82, 2.24) is 20.4 Å². The molecule has 1 heterocycles. The highest BCUT2D eigenvalue weighted by Gasteiger charge is 2.01.